The number of nitrogens with one attached hydrogen (secondary N) is 2. The van der Waals surface area contributed by atoms with Crippen LogP contribution in [0, 0.1) is 20.8 Å². The number of hydrazine groups is 1. The van der Waals surface area contributed by atoms with E-state index in [1.165, 1.54) is 0 Å². The second-order valence-corrected chi connectivity index (χ2v) is 4.96. The number of hydrogen-bond donors (Lipinski definition) is 3. The van der Waals surface area contributed by atoms with E-state index in [0.717, 1.165) is 11.3 Å². The summed E-state index contributed by atoms with van der Waals surface area (Å²) >= 11 is 0. The lowest BCUT2D eigenvalue weighted by atomic mass is 10.1. The molecule has 2 rings (SSSR count). The molecule has 0 bridgehead atoms. The number of carbonyl (C=O) groups excluding carboxylic acids is 1. The highest BCUT2D eigenvalue weighted by Gasteiger charge is 2.19. The third kappa shape index (κ3) is 3.19. The summed E-state index contributed by atoms with van der Waals surface area (Å²) in [6, 6.07) is 3.10. The highest BCUT2D eigenvalue weighted by atomic mass is 16.5. The Morgan fingerprint density at radius 2 is 2.05 bits per heavy atom. The maximum absolute atomic E-state index is 12.3. The van der Waals surface area contributed by atoms with Gasteiger partial charge in [0.2, 0.25) is 0 Å². The molecule has 0 spiro atoms. The van der Waals surface area contributed by atoms with Gasteiger partial charge in [-0.1, -0.05) is 5.16 Å². The van der Waals surface area contributed by atoms with E-state index in [2.05, 4.69) is 20.9 Å². The van der Waals surface area contributed by atoms with E-state index in [4.69, 9.17) is 10.4 Å². The molecule has 7 heteroatoms. The fourth-order valence-electron chi connectivity index (χ4n) is 2.33. The molecule has 2 heterocycles. The number of nitrogen functional groups attached to an aromatic ring is 1. The van der Waals surface area contributed by atoms with E-state index < -0.39 is 0 Å². The number of carbonyl (C=O) groups is 1. The average Bonchev–Trinajstić information content (AvgIpc) is 2.77. The summed E-state index contributed by atoms with van der Waals surface area (Å²) in [5, 5.41) is 6.82. The van der Waals surface area contributed by atoms with Crippen molar-refractivity contribution in [3.05, 3.63) is 40.4 Å². The van der Waals surface area contributed by atoms with Crippen LogP contribution in [0.15, 0.2) is 16.7 Å². The zero-order valence-electron chi connectivity index (χ0n) is 12.5. The summed E-state index contributed by atoms with van der Waals surface area (Å²) < 4.78 is 5.12. The molecule has 2 aromatic rings. The minimum absolute atomic E-state index is 0.202. The van der Waals surface area contributed by atoms with Gasteiger partial charge in [-0.2, -0.15) is 0 Å². The van der Waals surface area contributed by atoms with Crippen LogP contribution >= 0.6 is 0 Å². The molecule has 7 nitrogen and oxygen atoms in total. The van der Waals surface area contributed by atoms with Crippen LogP contribution in [0.5, 0.6) is 0 Å². The first-order valence-electron chi connectivity index (χ1n) is 6.61. The maximum Gasteiger partial charge on any atom is 0.251 e. The molecule has 21 heavy (non-hydrogen) atoms. The van der Waals surface area contributed by atoms with Crippen LogP contribution in [-0.4, -0.2) is 16.0 Å². The molecule has 2 aromatic heterocycles. The Kier molecular flexibility index (Phi) is 4.23. The molecule has 112 valence electrons. The first-order chi connectivity index (χ1) is 9.92. The molecule has 0 saturated heterocycles. The van der Waals surface area contributed by atoms with E-state index in [9.17, 15) is 4.79 Å². The Morgan fingerprint density at radius 3 is 2.62 bits per heavy atom. The number of pyridine rings is 1. The van der Waals surface area contributed by atoms with E-state index in [0.29, 0.717) is 22.8 Å². The Morgan fingerprint density at radius 1 is 1.33 bits per heavy atom. The molecule has 0 aliphatic carbocycles. The lowest BCUT2D eigenvalue weighted by Gasteiger charge is -2.14. The number of amides is 1. The molecule has 0 saturated carbocycles. The van der Waals surface area contributed by atoms with Gasteiger partial charge in [0.05, 0.1) is 11.7 Å². The molecular weight excluding hydrogens is 270 g/mol. The van der Waals surface area contributed by atoms with Gasteiger partial charge >= 0.3 is 0 Å². The summed E-state index contributed by atoms with van der Waals surface area (Å²) in [5.41, 5.74) is 5.32. The van der Waals surface area contributed by atoms with Crippen molar-refractivity contribution in [3.63, 3.8) is 0 Å². The van der Waals surface area contributed by atoms with Gasteiger partial charge in [-0.05, 0) is 39.8 Å². The van der Waals surface area contributed by atoms with Crippen LogP contribution in [-0.2, 0) is 0 Å². The van der Waals surface area contributed by atoms with Crippen molar-refractivity contribution in [1.82, 2.24) is 15.5 Å². The molecule has 1 unspecified atom stereocenters. The third-order valence-corrected chi connectivity index (χ3v) is 3.23. The predicted molar refractivity (Wildman–Crippen MR) is 78.6 cm³/mol. The van der Waals surface area contributed by atoms with Crippen molar-refractivity contribution in [2.45, 2.75) is 33.7 Å². The standard InChI is InChI=1S/C14H19N5O2/c1-7-5-11(6-12(16-7)18-15)14(20)17-8(2)13-9(3)19-21-10(13)4/h5-6,8H,15H2,1-4H3,(H,16,18)(H,17,20). The van der Waals surface area contributed by atoms with E-state index in [1.807, 2.05) is 20.8 Å². The third-order valence-electron chi connectivity index (χ3n) is 3.23. The van der Waals surface area contributed by atoms with Crippen LogP contribution in [0.1, 0.15) is 46.0 Å². The molecule has 0 aromatic carbocycles. The fourth-order valence-corrected chi connectivity index (χ4v) is 2.33. The number of nitrogens with zero attached hydrogens (tertiary/aromatic N) is 2. The fraction of sp³-hybridized carbons (Fsp3) is 0.357. The molecule has 0 fully saturated rings. The van der Waals surface area contributed by atoms with Gasteiger partial charge in [0.1, 0.15) is 11.6 Å². The predicted octanol–water partition coefficient (Wildman–Crippen LogP) is 1.77. The number of anilines is 1. The van der Waals surface area contributed by atoms with E-state index >= 15 is 0 Å². The van der Waals surface area contributed by atoms with E-state index in [1.54, 1.807) is 19.1 Å². The van der Waals surface area contributed by atoms with Gasteiger partial charge in [0, 0.05) is 16.8 Å². The summed E-state index contributed by atoms with van der Waals surface area (Å²) in [7, 11) is 0. The quantitative estimate of drug-likeness (QED) is 0.585. The first kappa shape index (κ1) is 15.0. The van der Waals surface area contributed by atoms with Crippen molar-refractivity contribution in [2.75, 3.05) is 5.43 Å². The number of hydrogen-bond acceptors (Lipinski definition) is 6. The Bertz CT molecular complexity index is 646. The summed E-state index contributed by atoms with van der Waals surface area (Å²) in [5.74, 6) is 6.29. The van der Waals surface area contributed by atoms with Gasteiger partial charge < -0.3 is 15.3 Å². The SMILES string of the molecule is Cc1cc(C(=O)NC(C)c2c(C)noc2C)cc(NN)n1. The number of nitrogens with two attached hydrogens (primary N) is 1. The summed E-state index contributed by atoms with van der Waals surface area (Å²) in [6.07, 6.45) is 0. The highest BCUT2D eigenvalue weighted by Crippen LogP contribution is 2.21. The minimum Gasteiger partial charge on any atom is -0.361 e. The van der Waals surface area contributed by atoms with Crippen LogP contribution in [0.2, 0.25) is 0 Å². The first-order valence-corrected chi connectivity index (χ1v) is 6.61. The molecule has 0 aliphatic heterocycles. The zero-order chi connectivity index (χ0) is 15.6. The van der Waals surface area contributed by atoms with Gasteiger partial charge in [0.15, 0.2) is 0 Å². The van der Waals surface area contributed by atoms with Gasteiger partial charge in [-0.25, -0.2) is 10.8 Å². The van der Waals surface area contributed by atoms with Crippen molar-refractivity contribution in [3.8, 4) is 0 Å². The van der Waals surface area contributed by atoms with Crippen LogP contribution in [0.25, 0.3) is 0 Å². The molecule has 0 radical (unpaired) electrons. The molecule has 1 amide bonds. The minimum atomic E-state index is -0.204. The van der Waals surface area contributed by atoms with Gasteiger partial charge in [-0.15, -0.1) is 0 Å². The molecular formula is C14H19N5O2. The van der Waals surface area contributed by atoms with Crippen molar-refractivity contribution < 1.29 is 9.32 Å². The largest absolute Gasteiger partial charge is 0.361 e. The van der Waals surface area contributed by atoms with Crippen molar-refractivity contribution in [2.24, 2.45) is 5.84 Å². The molecule has 1 atom stereocenters. The lowest BCUT2D eigenvalue weighted by molar-refractivity contribution is 0.0939. The maximum atomic E-state index is 12.3. The highest BCUT2D eigenvalue weighted by molar-refractivity contribution is 5.95. The summed E-state index contributed by atoms with van der Waals surface area (Å²) in [4.78, 5) is 16.5. The monoisotopic (exact) mass is 289 g/mol. The number of aromatic nitrogens is 2. The van der Waals surface area contributed by atoms with Gasteiger partial charge in [0.25, 0.3) is 5.91 Å². The van der Waals surface area contributed by atoms with Crippen LogP contribution in [0.3, 0.4) is 0 Å². The Hall–Kier alpha value is -2.41. The van der Waals surface area contributed by atoms with Crippen LogP contribution in [0.4, 0.5) is 5.82 Å². The normalized spacial score (nSPS) is 12.0. The molecule has 4 N–H and O–H groups in total. The van der Waals surface area contributed by atoms with Crippen molar-refractivity contribution in [1.29, 1.82) is 0 Å². The van der Waals surface area contributed by atoms with Crippen LogP contribution < -0.4 is 16.6 Å². The van der Waals surface area contributed by atoms with Crippen molar-refractivity contribution >= 4 is 11.7 Å². The van der Waals surface area contributed by atoms with Gasteiger partial charge in [-0.3, -0.25) is 4.79 Å². The Balaban J connectivity index is 2.20. The number of rotatable bonds is 4. The Labute approximate surface area is 122 Å². The molecule has 0 aliphatic rings. The smallest absolute Gasteiger partial charge is 0.251 e. The number of aryl methyl sites for hydroxylation is 3. The average molecular weight is 289 g/mol. The second kappa shape index (κ2) is 5.92. The topological polar surface area (TPSA) is 106 Å². The second-order valence-electron chi connectivity index (χ2n) is 4.96. The van der Waals surface area contributed by atoms with E-state index in [-0.39, 0.29) is 11.9 Å². The zero-order valence-corrected chi connectivity index (χ0v) is 12.5. The lowest BCUT2D eigenvalue weighted by Crippen LogP contribution is -2.27. The summed E-state index contributed by atoms with van der Waals surface area (Å²) in [6.45, 7) is 7.36.